The van der Waals surface area contributed by atoms with Gasteiger partial charge >= 0.3 is 0 Å². The predicted octanol–water partition coefficient (Wildman–Crippen LogP) is 1.92. The summed E-state index contributed by atoms with van der Waals surface area (Å²) in [4.78, 5) is 16.8. The van der Waals surface area contributed by atoms with Gasteiger partial charge in [-0.2, -0.15) is 0 Å². The van der Waals surface area contributed by atoms with Crippen LogP contribution in [-0.2, 0) is 12.3 Å². The molecule has 0 radical (unpaired) electrons. The van der Waals surface area contributed by atoms with Crippen LogP contribution in [0.15, 0.2) is 57.2 Å². The Bertz CT molecular complexity index is 1070. The number of thioether (sulfide) groups is 1. The number of rotatable bonds is 5. The number of hydrogen-bond acceptors (Lipinski definition) is 7. The molecule has 8 nitrogen and oxygen atoms in total. The molecule has 4 aromatic rings. The molecule has 0 saturated carbocycles. The lowest BCUT2D eigenvalue weighted by molar-refractivity contribution is 0.462. The molecule has 0 atom stereocenters. The van der Waals surface area contributed by atoms with Gasteiger partial charge in [-0.25, -0.2) is 9.67 Å². The van der Waals surface area contributed by atoms with Crippen LogP contribution in [0.1, 0.15) is 17.0 Å². The van der Waals surface area contributed by atoms with Gasteiger partial charge in [0.2, 0.25) is 5.16 Å². The molecule has 0 aliphatic carbocycles. The first-order valence-electron chi connectivity index (χ1n) is 7.59. The third kappa shape index (κ3) is 3.31. The molecular formula is C16H14N6O2S. The van der Waals surface area contributed by atoms with Crippen molar-refractivity contribution in [3.05, 3.63) is 70.2 Å². The summed E-state index contributed by atoms with van der Waals surface area (Å²) in [5, 5.41) is 12.3. The second kappa shape index (κ2) is 6.52. The molecule has 126 valence electrons. The van der Waals surface area contributed by atoms with E-state index in [0.717, 1.165) is 11.3 Å². The van der Waals surface area contributed by atoms with E-state index >= 15 is 0 Å². The standard InChI is InChI=1S/C16H14N6O2S/c1-11-4-5-21-14(7-11)17-12(8-15(21)23)10-25-16-18-19-20-22(16)9-13-3-2-6-24-13/h2-8H,9-10H2,1H3. The lowest BCUT2D eigenvalue weighted by atomic mass is 10.3. The van der Waals surface area contributed by atoms with E-state index in [0.29, 0.717) is 28.8 Å². The highest BCUT2D eigenvalue weighted by Crippen LogP contribution is 2.19. The van der Waals surface area contributed by atoms with Crippen molar-refractivity contribution < 1.29 is 4.42 Å². The Kier molecular flexibility index (Phi) is 4.06. The fourth-order valence-electron chi connectivity index (χ4n) is 2.42. The molecule has 0 unspecified atom stereocenters. The SMILES string of the molecule is Cc1ccn2c(=O)cc(CSc3nnnn3Cc3ccco3)nc2c1. The largest absolute Gasteiger partial charge is 0.467 e. The first-order valence-corrected chi connectivity index (χ1v) is 8.58. The van der Waals surface area contributed by atoms with E-state index in [9.17, 15) is 4.79 Å². The van der Waals surface area contributed by atoms with Crippen LogP contribution in [0.4, 0.5) is 0 Å². The molecule has 0 amide bonds. The van der Waals surface area contributed by atoms with Gasteiger partial charge in [-0.15, -0.1) is 5.10 Å². The topological polar surface area (TPSA) is 91.1 Å². The minimum absolute atomic E-state index is 0.101. The second-order valence-electron chi connectivity index (χ2n) is 5.51. The molecule has 0 N–H and O–H groups in total. The number of pyridine rings is 1. The Balaban J connectivity index is 1.55. The van der Waals surface area contributed by atoms with E-state index < -0.39 is 0 Å². The Morgan fingerprint density at radius 1 is 1.28 bits per heavy atom. The van der Waals surface area contributed by atoms with Crippen molar-refractivity contribution in [3.63, 3.8) is 0 Å². The molecule has 9 heteroatoms. The molecule has 0 spiro atoms. The van der Waals surface area contributed by atoms with Crippen LogP contribution >= 0.6 is 11.8 Å². The minimum Gasteiger partial charge on any atom is -0.467 e. The average Bonchev–Trinajstić information content (AvgIpc) is 3.25. The number of hydrogen-bond donors (Lipinski definition) is 0. The maximum Gasteiger partial charge on any atom is 0.258 e. The summed E-state index contributed by atoms with van der Waals surface area (Å²) in [7, 11) is 0. The molecule has 0 aliphatic rings. The van der Waals surface area contributed by atoms with E-state index in [1.807, 2.05) is 31.2 Å². The molecular weight excluding hydrogens is 340 g/mol. The van der Waals surface area contributed by atoms with Crippen LogP contribution in [0.2, 0.25) is 0 Å². The number of aromatic nitrogens is 6. The summed E-state index contributed by atoms with van der Waals surface area (Å²) < 4.78 is 8.50. The fourth-order valence-corrected chi connectivity index (χ4v) is 3.18. The third-order valence-corrected chi connectivity index (χ3v) is 4.60. The van der Waals surface area contributed by atoms with E-state index in [1.54, 1.807) is 17.1 Å². The van der Waals surface area contributed by atoms with Crippen molar-refractivity contribution in [2.45, 2.75) is 24.4 Å². The summed E-state index contributed by atoms with van der Waals surface area (Å²) in [6.07, 6.45) is 3.35. The van der Waals surface area contributed by atoms with Crippen LogP contribution in [0.3, 0.4) is 0 Å². The zero-order valence-electron chi connectivity index (χ0n) is 13.4. The highest BCUT2D eigenvalue weighted by Gasteiger charge is 2.10. The number of fused-ring (bicyclic) bond motifs is 1. The van der Waals surface area contributed by atoms with Crippen LogP contribution in [0.5, 0.6) is 0 Å². The Labute approximate surface area is 146 Å². The van der Waals surface area contributed by atoms with Gasteiger partial charge in [-0.05, 0) is 47.2 Å². The molecule has 0 aromatic carbocycles. The maximum absolute atomic E-state index is 12.2. The summed E-state index contributed by atoms with van der Waals surface area (Å²) in [6.45, 7) is 2.42. The van der Waals surface area contributed by atoms with Gasteiger partial charge in [0.25, 0.3) is 5.56 Å². The summed E-state index contributed by atoms with van der Waals surface area (Å²) in [5.74, 6) is 1.27. The first kappa shape index (κ1) is 15.6. The molecule has 4 aromatic heterocycles. The quantitative estimate of drug-likeness (QED) is 0.506. The molecule has 0 aliphatic heterocycles. The predicted molar refractivity (Wildman–Crippen MR) is 91.4 cm³/mol. The summed E-state index contributed by atoms with van der Waals surface area (Å²) >= 11 is 1.42. The lowest BCUT2D eigenvalue weighted by Crippen LogP contribution is -2.15. The van der Waals surface area contributed by atoms with Gasteiger partial charge < -0.3 is 4.42 Å². The van der Waals surface area contributed by atoms with Gasteiger partial charge in [0.05, 0.1) is 12.0 Å². The second-order valence-corrected chi connectivity index (χ2v) is 6.45. The Morgan fingerprint density at radius 3 is 3.04 bits per heavy atom. The number of furan rings is 1. The monoisotopic (exact) mass is 354 g/mol. The zero-order valence-corrected chi connectivity index (χ0v) is 14.2. The average molecular weight is 354 g/mol. The molecule has 0 fully saturated rings. The highest BCUT2D eigenvalue weighted by molar-refractivity contribution is 7.98. The van der Waals surface area contributed by atoms with Gasteiger partial charge in [0, 0.05) is 18.0 Å². The van der Waals surface area contributed by atoms with Crippen molar-refractivity contribution in [2.75, 3.05) is 0 Å². The van der Waals surface area contributed by atoms with Crippen LogP contribution in [-0.4, -0.2) is 29.6 Å². The van der Waals surface area contributed by atoms with Crippen LogP contribution < -0.4 is 5.56 Å². The van der Waals surface area contributed by atoms with Crippen LogP contribution in [0, 0.1) is 6.92 Å². The van der Waals surface area contributed by atoms with Crippen molar-refractivity contribution >= 4 is 17.4 Å². The molecule has 4 rings (SSSR count). The molecule has 4 heterocycles. The molecule has 25 heavy (non-hydrogen) atoms. The minimum atomic E-state index is -0.101. The Hall–Kier alpha value is -2.94. The van der Waals surface area contributed by atoms with E-state index in [1.165, 1.54) is 22.2 Å². The first-order chi connectivity index (χ1) is 12.2. The summed E-state index contributed by atoms with van der Waals surface area (Å²) in [5.41, 5.74) is 2.28. The van der Waals surface area contributed by atoms with E-state index in [2.05, 4.69) is 20.5 Å². The van der Waals surface area contributed by atoms with E-state index in [4.69, 9.17) is 4.42 Å². The van der Waals surface area contributed by atoms with Crippen molar-refractivity contribution in [1.82, 2.24) is 29.6 Å². The molecule has 0 bridgehead atoms. The van der Waals surface area contributed by atoms with Crippen molar-refractivity contribution in [3.8, 4) is 0 Å². The third-order valence-electron chi connectivity index (χ3n) is 3.61. The van der Waals surface area contributed by atoms with Crippen molar-refractivity contribution in [2.24, 2.45) is 0 Å². The van der Waals surface area contributed by atoms with Gasteiger partial charge in [0.1, 0.15) is 18.0 Å². The summed E-state index contributed by atoms with van der Waals surface area (Å²) in [6, 6.07) is 8.99. The highest BCUT2D eigenvalue weighted by atomic mass is 32.2. The van der Waals surface area contributed by atoms with Gasteiger partial charge in [-0.3, -0.25) is 9.20 Å². The van der Waals surface area contributed by atoms with Gasteiger partial charge in [0.15, 0.2) is 0 Å². The zero-order chi connectivity index (χ0) is 17.2. The maximum atomic E-state index is 12.2. The lowest BCUT2D eigenvalue weighted by Gasteiger charge is -2.05. The van der Waals surface area contributed by atoms with Crippen LogP contribution in [0.25, 0.3) is 5.65 Å². The van der Waals surface area contributed by atoms with Crippen molar-refractivity contribution in [1.29, 1.82) is 0 Å². The normalized spacial score (nSPS) is 11.2. The number of tetrazole rings is 1. The number of nitrogens with zero attached hydrogens (tertiary/aromatic N) is 6. The fraction of sp³-hybridized carbons (Fsp3) is 0.188. The smallest absolute Gasteiger partial charge is 0.258 e. The molecule has 0 saturated heterocycles. The Morgan fingerprint density at radius 2 is 2.20 bits per heavy atom. The van der Waals surface area contributed by atoms with Gasteiger partial charge in [-0.1, -0.05) is 11.8 Å². The van der Waals surface area contributed by atoms with E-state index in [-0.39, 0.29) is 5.56 Å². The number of aryl methyl sites for hydroxylation is 1.